The Morgan fingerprint density at radius 2 is 1.58 bits per heavy atom. The second-order valence-corrected chi connectivity index (χ2v) is 5.94. The summed E-state index contributed by atoms with van der Waals surface area (Å²) in [6.45, 7) is 4.26. The first-order valence-corrected chi connectivity index (χ1v) is 6.91. The van der Waals surface area contributed by atoms with Crippen molar-refractivity contribution in [3.8, 4) is 0 Å². The van der Waals surface area contributed by atoms with E-state index in [1.807, 2.05) is 0 Å². The molecule has 0 aromatic heterocycles. The minimum Gasteiger partial charge on any atom is -0.389 e. The molecule has 19 heavy (non-hydrogen) atoms. The van der Waals surface area contributed by atoms with E-state index >= 15 is 0 Å². The van der Waals surface area contributed by atoms with Crippen LogP contribution in [0.1, 0.15) is 27.8 Å². The molecule has 1 aliphatic carbocycles. The molecular weight excluding hydrogens is 232 g/mol. The van der Waals surface area contributed by atoms with Crippen LogP contribution < -0.4 is 0 Å². The van der Waals surface area contributed by atoms with Crippen LogP contribution in [0.5, 0.6) is 0 Å². The molecule has 1 N–H and O–H groups in total. The van der Waals surface area contributed by atoms with Gasteiger partial charge in [-0.25, -0.2) is 0 Å². The Hall–Kier alpha value is -1.60. The lowest BCUT2D eigenvalue weighted by molar-refractivity contribution is 0.0518. The van der Waals surface area contributed by atoms with Gasteiger partial charge in [0.25, 0.3) is 0 Å². The van der Waals surface area contributed by atoms with Crippen LogP contribution in [0.4, 0.5) is 0 Å². The first kappa shape index (κ1) is 12.4. The zero-order valence-electron chi connectivity index (χ0n) is 11.6. The van der Waals surface area contributed by atoms with Gasteiger partial charge in [-0.3, -0.25) is 0 Å². The van der Waals surface area contributed by atoms with E-state index in [0.717, 1.165) is 19.3 Å². The van der Waals surface area contributed by atoms with Gasteiger partial charge in [0.1, 0.15) is 0 Å². The average molecular weight is 252 g/mol. The molecule has 0 saturated carbocycles. The molecule has 0 radical (unpaired) electrons. The van der Waals surface area contributed by atoms with Crippen molar-refractivity contribution >= 4 is 0 Å². The molecule has 98 valence electrons. The SMILES string of the molecule is Cc1ccc(CC2(O)Cc3ccccc3C2)cc1C. The van der Waals surface area contributed by atoms with Crippen LogP contribution >= 0.6 is 0 Å². The van der Waals surface area contributed by atoms with Crippen molar-refractivity contribution in [3.05, 3.63) is 70.3 Å². The number of rotatable bonds is 2. The van der Waals surface area contributed by atoms with Gasteiger partial charge in [-0.05, 0) is 41.7 Å². The minimum atomic E-state index is -0.606. The van der Waals surface area contributed by atoms with Crippen LogP contribution in [0.3, 0.4) is 0 Å². The summed E-state index contributed by atoms with van der Waals surface area (Å²) in [5.74, 6) is 0. The van der Waals surface area contributed by atoms with E-state index in [9.17, 15) is 5.11 Å². The van der Waals surface area contributed by atoms with Gasteiger partial charge in [0.2, 0.25) is 0 Å². The minimum absolute atomic E-state index is 0.606. The van der Waals surface area contributed by atoms with Crippen LogP contribution in [-0.4, -0.2) is 10.7 Å². The summed E-state index contributed by atoms with van der Waals surface area (Å²) >= 11 is 0. The van der Waals surface area contributed by atoms with Crippen molar-refractivity contribution in [2.24, 2.45) is 0 Å². The van der Waals surface area contributed by atoms with Crippen molar-refractivity contribution in [2.45, 2.75) is 38.7 Å². The molecule has 0 fully saturated rings. The van der Waals surface area contributed by atoms with Gasteiger partial charge in [-0.1, -0.05) is 42.5 Å². The second kappa shape index (κ2) is 4.50. The molecule has 0 spiro atoms. The largest absolute Gasteiger partial charge is 0.389 e. The van der Waals surface area contributed by atoms with E-state index < -0.39 is 5.60 Å². The number of hydrogen-bond donors (Lipinski definition) is 1. The van der Waals surface area contributed by atoms with Gasteiger partial charge in [0.15, 0.2) is 0 Å². The number of fused-ring (bicyclic) bond motifs is 1. The summed E-state index contributed by atoms with van der Waals surface area (Å²) in [6, 6.07) is 14.9. The zero-order chi connectivity index (χ0) is 13.5. The highest BCUT2D eigenvalue weighted by Crippen LogP contribution is 2.32. The highest BCUT2D eigenvalue weighted by Gasteiger charge is 2.34. The average Bonchev–Trinajstić information content (AvgIpc) is 2.69. The lowest BCUT2D eigenvalue weighted by Crippen LogP contribution is -2.32. The van der Waals surface area contributed by atoms with E-state index in [0.29, 0.717) is 0 Å². The fourth-order valence-electron chi connectivity index (χ4n) is 3.09. The van der Waals surface area contributed by atoms with Crippen molar-refractivity contribution in [1.29, 1.82) is 0 Å². The van der Waals surface area contributed by atoms with Crippen molar-refractivity contribution in [3.63, 3.8) is 0 Å². The zero-order valence-corrected chi connectivity index (χ0v) is 11.6. The summed E-state index contributed by atoms with van der Waals surface area (Å²) < 4.78 is 0. The molecule has 3 rings (SSSR count). The van der Waals surface area contributed by atoms with Gasteiger partial charge >= 0.3 is 0 Å². The maximum Gasteiger partial charge on any atom is 0.0768 e. The molecular formula is C18H20O. The topological polar surface area (TPSA) is 20.2 Å². The Morgan fingerprint density at radius 1 is 0.947 bits per heavy atom. The van der Waals surface area contributed by atoms with Gasteiger partial charge < -0.3 is 5.11 Å². The third-order valence-electron chi connectivity index (χ3n) is 4.26. The molecule has 0 bridgehead atoms. The van der Waals surface area contributed by atoms with Crippen LogP contribution in [0, 0.1) is 13.8 Å². The Kier molecular flexibility index (Phi) is 2.94. The fraction of sp³-hybridized carbons (Fsp3) is 0.333. The van der Waals surface area contributed by atoms with E-state index in [-0.39, 0.29) is 0 Å². The van der Waals surface area contributed by atoms with Crippen LogP contribution in [0.15, 0.2) is 42.5 Å². The van der Waals surface area contributed by atoms with Crippen LogP contribution in [-0.2, 0) is 19.3 Å². The van der Waals surface area contributed by atoms with E-state index in [2.05, 4.69) is 56.3 Å². The van der Waals surface area contributed by atoms with Crippen LogP contribution in [0.25, 0.3) is 0 Å². The van der Waals surface area contributed by atoms with Gasteiger partial charge in [0, 0.05) is 19.3 Å². The molecule has 1 nitrogen and oxygen atoms in total. The number of aliphatic hydroxyl groups is 1. The predicted octanol–water partition coefficient (Wildman–Crippen LogP) is 3.38. The van der Waals surface area contributed by atoms with Crippen molar-refractivity contribution < 1.29 is 5.11 Å². The van der Waals surface area contributed by atoms with Crippen LogP contribution in [0.2, 0.25) is 0 Å². The molecule has 0 heterocycles. The Labute approximate surface area is 114 Å². The molecule has 1 aliphatic rings. The lowest BCUT2D eigenvalue weighted by atomic mass is 9.90. The smallest absolute Gasteiger partial charge is 0.0768 e. The van der Waals surface area contributed by atoms with Gasteiger partial charge in [-0.15, -0.1) is 0 Å². The molecule has 0 amide bonds. The molecule has 1 heteroatoms. The number of aryl methyl sites for hydroxylation is 2. The maximum absolute atomic E-state index is 10.8. The van der Waals surface area contributed by atoms with Gasteiger partial charge in [0.05, 0.1) is 5.60 Å². The highest BCUT2D eigenvalue weighted by atomic mass is 16.3. The quantitative estimate of drug-likeness (QED) is 0.868. The highest BCUT2D eigenvalue weighted by molar-refractivity contribution is 5.37. The summed E-state index contributed by atoms with van der Waals surface area (Å²) in [5, 5.41) is 10.8. The Bertz CT molecular complexity index is 588. The van der Waals surface area contributed by atoms with Gasteiger partial charge in [-0.2, -0.15) is 0 Å². The summed E-state index contributed by atoms with van der Waals surface area (Å²) in [4.78, 5) is 0. The third-order valence-corrected chi connectivity index (χ3v) is 4.26. The first-order chi connectivity index (χ1) is 9.06. The fourth-order valence-corrected chi connectivity index (χ4v) is 3.09. The summed E-state index contributed by atoms with van der Waals surface area (Å²) in [5.41, 5.74) is 5.84. The standard InChI is InChI=1S/C18H20O/c1-13-7-8-15(9-14(13)2)10-18(19)11-16-5-3-4-6-17(16)12-18/h3-9,19H,10-12H2,1-2H3. The molecule has 2 aromatic carbocycles. The molecule has 0 unspecified atom stereocenters. The molecule has 2 aromatic rings. The van der Waals surface area contributed by atoms with Crippen molar-refractivity contribution in [1.82, 2.24) is 0 Å². The van der Waals surface area contributed by atoms with Crippen molar-refractivity contribution in [2.75, 3.05) is 0 Å². The normalized spacial score (nSPS) is 16.4. The molecule has 0 atom stereocenters. The summed E-state index contributed by atoms with van der Waals surface area (Å²) in [6.07, 6.45) is 2.29. The first-order valence-electron chi connectivity index (χ1n) is 6.91. The second-order valence-electron chi connectivity index (χ2n) is 5.94. The predicted molar refractivity (Wildman–Crippen MR) is 78.4 cm³/mol. The monoisotopic (exact) mass is 252 g/mol. The lowest BCUT2D eigenvalue weighted by Gasteiger charge is -2.22. The molecule has 0 aliphatic heterocycles. The third kappa shape index (κ3) is 2.43. The summed E-state index contributed by atoms with van der Waals surface area (Å²) in [7, 11) is 0. The maximum atomic E-state index is 10.8. The van der Waals surface area contributed by atoms with E-state index in [4.69, 9.17) is 0 Å². The molecule has 0 saturated heterocycles. The van der Waals surface area contributed by atoms with E-state index in [1.54, 1.807) is 0 Å². The van der Waals surface area contributed by atoms with E-state index in [1.165, 1.54) is 27.8 Å². The Balaban J connectivity index is 1.83. The Morgan fingerprint density at radius 3 is 2.16 bits per heavy atom. The number of benzene rings is 2. The number of hydrogen-bond acceptors (Lipinski definition) is 1.